The summed E-state index contributed by atoms with van der Waals surface area (Å²) in [6, 6.07) is 0.0348. The third-order valence-corrected chi connectivity index (χ3v) is 5.07. The molecule has 1 heterocycles. The zero-order valence-electron chi connectivity index (χ0n) is 11.8. The first-order valence-corrected chi connectivity index (χ1v) is 8.47. The summed E-state index contributed by atoms with van der Waals surface area (Å²) in [5.41, 5.74) is -0.129. The van der Waals surface area contributed by atoms with Gasteiger partial charge in [0.1, 0.15) is 0 Å². The van der Waals surface area contributed by atoms with Crippen molar-refractivity contribution in [2.24, 2.45) is 5.41 Å². The fraction of sp³-hybridized carbons (Fsp3) is 1.00. The van der Waals surface area contributed by atoms with Crippen molar-refractivity contribution in [1.82, 2.24) is 10.0 Å². The Balaban J connectivity index is 2.34. The molecule has 6 nitrogen and oxygen atoms in total. The summed E-state index contributed by atoms with van der Waals surface area (Å²) in [4.78, 5) is 0. The van der Waals surface area contributed by atoms with Gasteiger partial charge in [0.05, 0.1) is 12.4 Å². The van der Waals surface area contributed by atoms with Gasteiger partial charge in [-0.25, -0.2) is 13.1 Å². The summed E-state index contributed by atoms with van der Waals surface area (Å²) >= 11 is 0. The predicted octanol–water partition coefficient (Wildman–Crippen LogP) is -0.307. The minimum atomic E-state index is -3.14. The van der Waals surface area contributed by atoms with E-state index in [9.17, 15) is 13.5 Å². The van der Waals surface area contributed by atoms with Crippen LogP contribution >= 0.6 is 0 Å². The molecule has 1 rings (SSSR count). The maximum Gasteiger partial charge on any atom is 0.211 e. The molecule has 0 aromatic carbocycles. The Hall–Kier alpha value is -0.210. The van der Waals surface area contributed by atoms with Gasteiger partial charge in [0.25, 0.3) is 0 Å². The summed E-state index contributed by atoms with van der Waals surface area (Å²) in [5.74, 6) is 0.0949. The van der Waals surface area contributed by atoms with Crippen molar-refractivity contribution in [2.75, 3.05) is 38.7 Å². The van der Waals surface area contributed by atoms with Crippen molar-refractivity contribution >= 4 is 10.0 Å². The van der Waals surface area contributed by atoms with Crippen LogP contribution in [0.4, 0.5) is 0 Å². The third-order valence-electron chi connectivity index (χ3n) is 3.70. The van der Waals surface area contributed by atoms with Crippen LogP contribution < -0.4 is 10.0 Å². The molecule has 1 aliphatic rings. The molecule has 7 heteroatoms. The quantitative estimate of drug-likeness (QED) is 0.572. The minimum absolute atomic E-state index is 0.0348. The van der Waals surface area contributed by atoms with Gasteiger partial charge in [0, 0.05) is 37.8 Å². The molecular weight excluding hydrogens is 268 g/mol. The van der Waals surface area contributed by atoms with E-state index in [1.165, 1.54) is 0 Å². The van der Waals surface area contributed by atoms with Gasteiger partial charge in [-0.2, -0.15) is 0 Å². The normalized spacial score (nSPS) is 21.2. The molecule has 1 saturated heterocycles. The van der Waals surface area contributed by atoms with Crippen molar-refractivity contribution in [3.8, 4) is 0 Å². The molecule has 1 fully saturated rings. The maximum atomic E-state index is 11.3. The first-order chi connectivity index (χ1) is 8.93. The number of nitrogens with one attached hydrogen (secondary N) is 2. The topological polar surface area (TPSA) is 87.7 Å². The summed E-state index contributed by atoms with van der Waals surface area (Å²) in [7, 11) is -3.14. The van der Waals surface area contributed by atoms with Crippen molar-refractivity contribution in [3.05, 3.63) is 0 Å². The van der Waals surface area contributed by atoms with E-state index in [-0.39, 0.29) is 23.8 Å². The van der Waals surface area contributed by atoms with Crippen LogP contribution in [-0.4, -0.2) is 58.2 Å². The highest BCUT2D eigenvalue weighted by Crippen LogP contribution is 2.29. The van der Waals surface area contributed by atoms with Crippen LogP contribution in [0.1, 0.15) is 26.7 Å². The minimum Gasteiger partial charge on any atom is -0.396 e. The van der Waals surface area contributed by atoms with Crippen LogP contribution in [0, 0.1) is 5.41 Å². The molecule has 0 aromatic heterocycles. The van der Waals surface area contributed by atoms with E-state index in [1.54, 1.807) is 6.92 Å². The van der Waals surface area contributed by atoms with E-state index in [1.807, 2.05) is 6.92 Å². The molecule has 0 radical (unpaired) electrons. The summed E-state index contributed by atoms with van der Waals surface area (Å²) < 4.78 is 30.5. The molecule has 19 heavy (non-hydrogen) atoms. The standard InChI is InChI=1S/C12H26N2O4S/c1-3-19(16,17)14-8-11(2)13-9-12(10-15)4-6-18-7-5-12/h11,13-15H,3-10H2,1-2H3. The second-order valence-electron chi connectivity index (χ2n) is 5.30. The Kier molecular flexibility index (Phi) is 6.68. The Morgan fingerprint density at radius 1 is 1.37 bits per heavy atom. The fourth-order valence-corrected chi connectivity index (χ4v) is 2.72. The van der Waals surface area contributed by atoms with E-state index in [4.69, 9.17) is 4.74 Å². The van der Waals surface area contributed by atoms with Crippen LogP contribution in [0.3, 0.4) is 0 Å². The van der Waals surface area contributed by atoms with Crippen molar-refractivity contribution in [3.63, 3.8) is 0 Å². The van der Waals surface area contributed by atoms with Crippen LogP contribution in [0.2, 0.25) is 0 Å². The van der Waals surface area contributed by atoms with Crippen molar-refractivity contribution < 1.29 is 18.3 Å². The van der Waals surface area contributed by atoms with Gasteiger partial charge in [-0.3, -0.25) is 0 Å². The van der Waals surface area contributed by atoms with Crippen molar-refractivity contribution in [1.29, 1.82) is 0 Å². The Labute approximate surface area is 116 Å². The molecule has 0 aliphatic carbocycles. The molecule has 1 atom stereocenters. The van der Waals surface area contributed by atoms with E-state index >= 15 is 0 Å². The number of hydrogen-bond donors (Lipinski definition) is 3. The average molecular weight is 294 g/mol. The molecule has 1 aliphatic heterocycles. The fourth-order valence-electron chi connectivity index (χ4n) is 2.01. The number of hydrogen-bond acceptors (Lipinski definition) is 5. The lowest BCUT2D eigenvalue weighted by atomic mass is 9.81. The lowest BCUT2D eigenvalue weighted by Crippen LogP contribution is -2.47. The molecule has 0 bridgehead atoms. The first kappa shape index (κ1) is 16.8. The van der Waals surface area contributed by atoms with Gasteiger partial charge in [0.15, 0.2) is 0 Å². The molecule has 0 amide bonds. The lowest BCUT2D eigenvalue weighted by Gasteiger charge is -2.36. The smallest absolute Gasteiger partial charge is 0.211 e. The molecule has 0 spiro atoms. The molecule has 114 valence electrons. The number of sulfonamides is 1. The van der Waals surface area contributed by atoms with Gasteiger partial charge >= 0.3 is 0 Å². The third kappa shape index (κ3) is 5.74. The summed E-state index contributed by atoms with van der Waals surface area (Å²) in [5, 5.41) is 12.8. The Morgan fingerprint density at radius 2 is 2.00 bits per heavy atom. The molecule has 0 saturated carbocycles. The highest BCUT2D eigenvalue weighted by atomic mass is 32.2. The molecule has 1 unspecified atom stereocenters. The van der Waals surface area contributed by atoms with Crippen LogP contribution in [-0.2, 0) is 14.8 Å². The van der Waals surface area contributed by atoms with Gasteiger partial charge in [-0.15, -0.1) is 0 Å². The van der Waals surface area contributed by atoms with Gasteiger partial charge < -0.3 is 15.2 Å². The monoisotopic (exact) mass is 294 g/mol. The first-order valence-electron chi connectivity index (χ1n) is 6.82. The highest BCUT2D eigenvalue weighted by molar-refractivity contribution is 7.89. The number of aliphatic hydroxyl groups excluding tert-OH is 1. The lowest BCUT2D eigenvalue weighted by molar-refractivity contribution is -0.0162. The van der Waals surface area contributed by atoms with Crippen molar-refractivity contribution in [2.45, 2.75) is 32.7 Å². The Bertz CT molecular complexity index is 353. The largest absolute Gasteiger partial charge is 0.396 e. The number of rotatable bonds is 8. The maximum absolute atomic E-state index is 11.3. The second-order valence-corrected chi connectivity index (χ2v) is 7.40. The molecule has 3 N–H and O–H groups in total. The zero-order valence-corrected chi connectivity index (χ0v) is 12.6. The zero-order chi connectivity index (χ0) is 14.4. The average Bonchev–Trinajstić information content (AvgIpc) is 2.44. The van der Waals surface area contributed by atoms with E-state index in [0.717, 1.165) is 12.8 Å². The van der Waals surface area contributed by atoms with E-state index in [0.29, 0.717) is 26.3 Å². The van der Waals surface area contributed by atoms with E-state index in [2.05, 4.69) is 10.0 Å². The van der Waals surface area contributed by atoms with E-state index < -0.39 is 10.0 Å². The van der Waals surface area contributed by atoms with Crippen LogP contribution in [0.25, 0.3) is 0 Å². The number of aliphatic hydroxyl groups is 1. The van der Waals surface area contributed by atoms with Gasteiger partial charge in [-0.1, -0.05) is 0 Å². The van der Waals surface area contributed by atoms with Gasteiger partial charge in [0.2, 0.25) is 10.0 Å². The summed E-state index contributed by atoms with van der Waals surface area (Å²) in [6.07, 6.45) is 1.67. The summed E-state index contributed by atoms with van der Waals surface area (Å²) in [6.45, 7) is 6.09. The SMILES string of the molecule is CCS(=O)(=O)NCC(C)NCC1(CO)CCOCC1. The molecule has 0 aromatic rings. The van der Waals surface area contributed by atoms with Gasteiger partial charge in [-0.05, 0) is 26.7 Å². The predicted molar refractivity (Wildman–Crippen MR) is 74.5 cm³/mol. The highest BCUT2D eigenvalue weighted by Gasteiger charge is 2.32. The second kappa shape index (κ2) is 7.54. The van der Waals surface area contributed by atoms with Crippen LogP contribution in [0.5, 0.6) is 0 Å². The number of ether oxygens (including phenoxy) is 1. The van der Waals surface area contributed by atoms with Crippen LogP contribution in [0.15, 0.2) is 0 Å². The Morgan fingerprint density at radius 3 is 2.53 bits per heavy atom. The molecular formula is C12H26N2O4S.